The number of hydrogen-bond donors (Lipinski definition) is 0. The van der Waals surface area contributed by atoms with Crippen LogP contribution in [0.5, 0.6) is 0 Å². The van der Waals surface area contributed by atoms with Crippen LogP contribution in [-0.2, 0) is 5.41 Å². The smallest absolute Gasteiger partial charge is 0.200 e. The first kappa shape index (κ1) is 8.16. The summed E-state index contributed by atoms with van der Waals surface area (Å²) in [4.78, 5) is 4.04. The van der Waals surface area contributed by atoms with E-state index >= 15 is 0 Å². The summed E-state index contributed by atoms with van der Waals surface area (Å²) in [7, 11) is 0. The van der Waals surface area contributed by atoms with Gasteiger partial charge >= 0.3 is 0 Å². The maximum atomic E-state index is 13.8. The van der Waals surface area contributed by atoms with Gasteiger partial charge in [-0.1, -0.05) is 31.0 Å². The Labute approximate surface area is 82.7 Å². The van der Waals surface area contributed by atoms with Gasteiger partial charge in [0.05, 0.1) is 11.1 Å². The summed E-state index contributed by atoms with van der Waals surface area (Å²) < 4.78 is 13.8. The second-order valence-corrected chi connectivity index (χ2v) is 4.21. The van der Waals surface area contributed by atoms with Crippen LogP contribution >= 0.6 is 0 Å². The number of fused-ring (bicyclic) bond motifs is 2. The number of hydrogen-bond acceptors (Lipinski definition) is 1. The van der Waals surface area contributed by atoms with Gasteiger partial charge in [0.25, 0.3) is 0 Å². The highest BCUT2D eigenvalue weighted by Gasteiger charge is 2.45. The largest absolute Gasteiger partial charge is 0.223 e. The molecule has 0 saturated heterocycles. The molecule has 1 aliphatic carbocycles. The predicted molar refractivity (Wildman–Crippen MR) is 54.8 cm³/mol. The van der Waals surface area contributed by atoms with Crippen LogP contribution in [0.1, 0.15) is 31.2 Å². The Kier molecular flexibility index (Phi) is 1.55. The molecule has 0 atom stereocenters. The Bertz CT molecular complexity index is 403. The standard InChI is InChI=1S/C12H12FN/c13-11-12(7-3-4-8-12)9-5-1-2-6-10(9)14-11/h1-2,5-6H,3-4,7-8H2. The quantitative estimate of drug-likeness (QED) is 0.592. The molecule has 1 fully saturated rings. The van der Waals surface area contributed by atoms with Crippen LogP contribution < -0.4 is 0 Å². The fourth-order valence-corrected chi connectivity index (χ4v) is 2.75. The topological polar surface area (TPSA) is 12.4 Å². The number of aliphatic imine (C=N–C) groups is 1. The molecule has 3 rings (SSSR count). The third-order valence-corrected chi connectivity index (χ3v) is 3.49. The molecular weight excluding hydrogens is 177 g/mol. The Morgan fingerprint density at radius 2 is 1.86 bits per heavy atom. The number of para-hydroxylation sites is 1. The molecule has 0 aromatic heterocycles. The number of rotatable bonds is 0. The van der Waals surface area contributed by atoms with Gasteiger partial charge < -0.3 is 0 Å². The van der Waals surface area contributed by atoms with Crippen molar-refractivity contribution in [3.8, 4) is 0 Å². The molecule has 2 aliphatic rings. The van der Waals surface area contributed by atoms with E-state index in [1.807, 2.05) is 24.3 Å². The van der Waals surface area contributed by atoms with E-state index in [2.05, 4.69) is 4.99 Å². The molecule has 72 valence electrons. The van der Waals surface area contributed by atoms with Crippen LogP contribution in [0.15, 0.2) is 29.3 Å². The van der Waals surface area contributed by atoms with Crippen molar-refractivity contribution in [2.24, 2.45) is 4.99 Å². The summed E-state index contributed by atoms with van der Waals surface area (Å²) >= 11 is 0. The predicted octanol–water partition coefficient (Wildman–Crippen LogP) is 3.51. The SMILES string of the molecule is FC1=Nc2ccccc2C12CCCC2. The van der Waals surface area contributed by atoms with Gasteiger partial charge in [0.15, 0.2) is 5.97 Å². The van der Waals surface area contributed by atoms with Gasteiger partial charge in [0, 0.05) is 0 Å². The average molecular weight is 189 g/mol. The van der Waals surface area contributed by atoms with Crippen molar-refractivity contribution in [3.05, 3.63) is 29.8 Å². The Hall–Kier alpha value is -1.18. The maximum Gasteiger partial charge on any atom is 0.200 e. The highest BCUT2D eigenvalue weighted by atomic mass is 19.1. The fraction of sp³-hybridized carbons (Fsp3) is 0.417. The van der Waals surface area contributed by atoms with E-state index in [0.717, 1.165) is 36.9 Å². The average Bonchev–Trinajstić information content (AvgIpc) is 2.77. The molecular formula is C12H12FN. The van der Waals surface area contributed by atoms with Gasteiger partial charge in [-0.15, -0.1) is 0 Å². The number of nitrogens with zero attached hydrogens (tertiary/aromatic N) is 1. The van der Waals surface area contributed by atoms with Gasteiger partial charge in [0.1, 0.15) is 0 Å². The zero-order valence-electron chi connectivity index (χ0n) is 7.96. The van der Waals surface area contributed by atoms with E-state index < -0.39 is 0 Å². The Morgan fingerprint density at radius 3 is 2.64 bits per heavy atom. The lowest BCUT2D eigenvalue weighted by molar-refractivity contribution is 0.547. The van der Waals surface area contributed by atoms with Crippen LogP contribution in [0, 0.1) is 0 Å². The van der Waals surface area contributed by atoms with E-state index in [1.54, 1.807) is 0 Å². The molecule has 0 amide bonds. The van der Waals surface area contributed by atoms with Crippen molar-refractivity contribution < 1.29 is 4.39 Å². The molecule has 0 radical (unpaired) electrons. The normalized spacial score (nSPS) is 22.5. The summed E-state index contributed by atoms with van der Waals surface area (Å²) in [5, 5.41) is 0. The molecule has 1 saturated carbocycles. The molecule has 14 heavy (non-hydrogen) atoms. The van der Waals surface area contributed by atoms with E-state index in [4.69, 9.17) is 0 Å². The van der Waals surface area contributed by atoms with Crippen molar-refractivity contribution in [2.75, 3.05) is 0 Å². The summed E-state index contributed by atoms with van der Waals surface area (Å²) in [5.41, 5.74) is 1.61. The summed E-state index contributed by atoms with van der Waals surface area (Å²) in [6, 6.07) is 7.83. The number of benzene rings is 1. The van der Waals surface area contributed by atoms with Gasteiger partial charge in [-0.25, -0.2) is 4.99 Å². The van der Waals surface area contributed by atoms with Crippen molar-refractivity contribution in [3.63, 3.8) is 0 Å². The van der Waals surface area contributed by atoms with Crippen molar-refractivity contribution in [2.45, 2.75) is 31.1 Å². The molecule has 1 heterocycles. The number of halogens is 1. The van der Waals surface area contributed by atoms with Crippen LogP contribution in [0.3, 0.4) is 0 Å². The second-order valence-electron chi connectivity index (χ2n) is 4.21. The summed E-state index contributed by atoms with van der Waals surface area (Å²) in [6.07, 6.45) is 4.10. The van der Waals surface area contributed by atoms with Crippen LogP contribution in [0.2, 0.25) is 0 Å². The fourth-order valence-electron chi connectivity index (χ4n) is 2.75. The monoisotopic (exact) mass is 189 g/mol. The second kappa shape index (κ2) is 2.66. The zero-order valence-corrected chi connectivity index (χ0v) is 7.96. The van der Waals surface area contributed by atoms with Gasteiger partial charge in [-0.05, 0) is 24.5 Å². The highest BCUT2D eigenvalue weighted by Crippen LogP contribution is 2.50. The van der Waals surface area contributed by atoms with Crippen molar-refractivity contribution >= 4 is 11.7 Å². The molecule has 1 aliphatic heterocycles. The van der Waals surface area contributed by atoms with Gasteiger partial charge in [-0.3, -0.25) is 0 Å². The van der Waals surface area contributed by atoms with Gasteiger partial charge in [0.2, 0.25) is 0 Å². The first-order valence-electron chi connectivity index (χ1n) is 5.17. The summed E-state index contributed by atoms with van der Waals surface area (Å²) in [5.74, 6) is -0.156. The van der Waals surface area contributed by atoms with Crippen molar-refractivity contribution in [1.29, 1.82) is 0 Å². The Morgan fingerprint density at radius 1 is 1.14 bits per heavy atom. The maximum absolute atomic E-state index is 13.8. The van der Waals surface area contributed by atoms with E-state index in [-0.39, 0.29) is 11.4 Å². The molecule has 2 heteroatoms. The Balaban J connectivity index is 2.20. The third kappa shape index (κ3) is 0.861. The molecule has 1 nitrogen and oxygen atoms in total. The molecule has 0 bridgehead atoms. The van der Waals surface area contributed by atoms with Crippen LogP contribution in [0.25, 0.3) is 0 Å². The molecule has 1 aromatic rings. The molecule has 1 spiro atoms. The third-order valence-electron chi connectivity index (χ3n) is 3.49. The minimum atomic E-state index is -0.337. The minimum Gasteiger partial charge on any atom is -0.223 e. The summed E-state index contributed by atoms with van der Waals surface area (Å²) in [6.45, 7) is 0. The molecule has 1 aromatic carbocycles. The highest BCUT2D eigenvalue weighted by molar-refractivity contribution is 5.95. The molecule has 0 unspecified atom stereocenters. The lowest BCUT2D eigenvalue weighted by atomic mass is 9.80. The van der Waals surface area contributed by atoms with Crippen LogP contribution in [-0.4, -0.2) is 5.97 Å². The lowest BCUT2D eigenvalue weighted by Crippen LogP contribution is -2.26. The van der Waals surface area contributed by atoms with Crippen LogP contribution in [0.4, 0.5) is 10.1 Å². The van der Waals surface area contributed by atoms with E-state index in [0.29, 0.717) is 0 Å². The molecule has 0 N–H and O–H groups in total. The lowest BCUT2D eigenvalue weighted by Gasteiger charge is -2.21. The first-order chi connectivity index (χ1) is 6.83. The van der Waals surface area contributed by atoms with E-state index in [9.17, 15) is 4.39 Å². The van der Waals surface area contributed by atoms with Gasteiger partial charge in [-0.2, -0.15) is 4.39 Å². The minimum absolute atomic E-state index is 0.156. The van der Waals surface area contributed by atoms with E-state index in [1.165, 1.54) is 0 Å². The zero-order chi connectivity index (χ0) is 9.60. The first-order valence-corrected chi connectivity index (χ1v) is 5.17. The van der Waals surface area contributed by atoms with Crippen molar-refractivity contribution in [1.82, 2.24) is 0 Å².